The topological polar surface area (TPSA) is 130 Å². The van der Waals surface area contributed by atoms with Crippen molar-refractivity contribution in [2.45, 2.75) is 12.8 Å². The number of carbonyl (C=O) groups excluding carboxylic acids is 2. The van der Waals surface area contributed by atoms with Crippen LogP contribution >= 0.6 is 0 Å². The number of nitrogens with zero attached hydrogens (tertiary/aromatic N) is 2. The summed E-state index contributed by atoms with van der Waals surface area (Å²) in [5.41, 5.74) is 0.732. The molecular formula is C16H12N2O7. The normalized spacial score (nSPS) is 10.1. The molecule has 0 heterocycles. The molecule has 0 N–H and O–H groups in total. The second-order valence-corrected chi connectivity index (χ2v) is 5.05. The quantitative estimate of drug-likeness (QED) is 0.340. The fourth-order valence-electron chi connectivity index (χ4n) is 2.00. The van der Waals surface area contributed by atoms with Crippen molar-refractivity contribution in [1.29, 1.82) is 0 Å². The number of esters is 2. The molecular weight excluding hydrogens is 332 g/mol. The summed E-state index contributed by atoms with van der Waals surface area (Å²) in [6.45, 7) is 0. The van der Waals surface area contributed by atoms with Gasteiger partial charge in [0.15, 0.2) is 0 Å². The van der Waals surface area contributed by atoms with Crippen molar-refractivity contribution in [2.24, 2.45) is 0 Å². The van der Waals surface area contributed by atoms with Crippen LogP contribution in [0.25, 0.3) is 0 Å². The van der Waals surface area contributed by atoms with Crippen LogP contribution in [0.2, 0.25) is 0 Å². The summed E-state index contributed by atoms with van der Waals surface area (Å²) in [5.74, 6) is -1.58. The van der Waals surface area contributed by atoms with Crippen molar-refractivity contribution < 1.29 is 24.2 Å². The van der Waals surface area contributed by atoms with Gasteiger partial charge in [-0.25, -0.2) is 0 Å². The minimum absolute atomic E-state index is 0.105. The first-order chi connectivity index (χ1) is 11.8. The van der Waals surface area contributed by atoms with E-state index in [1.807, 2.05) is 0 Å². The fraction of sp³-hybridized carbons (Fsp3) is 0.125. The molecule has 0 unspecified atom stereocenters. The Morgan fingerprint density at radius 3 is 1.32 bits per heavy atom. The molecule has 0 fully saturated rings. The van der Waals surface area contributed by atoms with Gasteiger partial charge in [0.1, 0.15) is 0 Å². The number of hydrogen-bond donors (Lipinski definition) is 0. The van der Waals surface area contributed by atoms with E-state index in [1.165, 1.54) is 48.5 Å². The Morgan fingerprint density at radius 1 is 0.720 bits per heavy atom. The van der Waals surface area contributed by atoms with Gasteiger partial charge >= 0.3 is 11.9 Å². The summed E-state index contributed by atoms with van der Waals surface area (Å²) in [7, 11) is 0. The van der Waals surface area contributed by atoms with Crippen molar-refractivity contribution in [3.63, 3.8) is 0 Å². The smallest absolute Gasteiger partial charge is 0.317 e. The maximum Gasteiger partial charge on any atom is 0.317 e. The van der Waals surface area contributed by atoms with Gasteiger partial charge in [-0.1, -0.05) is 24.3 Å². The van der Waals surface area contributed by atoms with Crippen molar-refractivity contribution in [1.82, 2.24) is 0 Å². The van der Waals surface area contributed by atoms with Gasteiger partial charge in [0.2, 0.25) is 0 Å². The van der Waals surface area contributed by atoms with Gasteiger partial charge in [0, 0.05) is 24.3 Å². The first-order valence-electron chi connectivity index (χ1n) is 7.05. The average Bonchev–Trinajstić information content (AvgIpc) is 2.55. The highest BCUT2D eigenvalue weighted by Gasteiger charge is 2.14. The summed E-state index contributed by atoms with van der Waals surface area (Å²) < 4.78 is 4.67. The highest BCUT2D eigenvalue weighted by atomic mass is 16.6. The summed E-state index contributed by atoms with van der Waals surface area (Å²) in [4.78, 5) is 43.4. The molecule has 0 aromatic heterocycles. The molecule has 0 spiro atoms. The third-order valence-electron chi connectivity index (χ3n) is 3.22. The molecule has 0 aliphatic carbocycles. The molecule has 0 aliphatic heterocycles. The van der Waals surface area contributed by atoms with Crippen LogP contribution in [0, 0.1) is 20.2 Å². The van der Waals surface area contributed by atoms with E-state index in [1.54, 1.807) is 0 Å². The van der Waals surface area contributed by atoms with E-state index in [9.17, 15) is 29.8 Å². The lowest BCUT2D eigenvalue weighted by atomic mass is 10.1. The molecule has 2 rings (SSSR count). The van der Waals surface area contributed by atoms with Crippen LogP contribution in [-0.2, 0) is 27.2 Å². The molecule has 0 saturated heterocycles. The van der Waals surface area contributed by atoms with Crippen molar-refractivity contribution >= 4 is 23.3 Å². The van der Waals surface area contributed by atoms with Gasteiger partial charge in [-0.15, -0.1) is 0 Å². The first-order valence-corrected chi connectivity index (χ1v) is 7.05. The summed E-state index contributed by atoms with van der Waals surface area (Å²) >= 11 is 0. The van der Waals surface area contributed by atoms with Gasteiger partial charge in [-0.2, -0.15) is 0 Å². The molecule has 2 aromatic rings. The lowest BCUT2D eigenvalue weighted by Crippen LogP contribution is -2.16. The van der Waals surface area contributed by atoms with Crippen LogP contribution in [-0.4, -0.2) is 21.8 Å². The number of rotatable bonds is 6. The van der Waals surface area contributed by atoms with E-state index in [4.69, 9.17) is 0 Å². The number of carbonyl (C=O) groups is 2. The Balaban J connectivity index is 1.88. The van der Waals surface area contributed by atoms with E-state index < -0.39 is 21.8 Å². The molecule has 0 aliphatic rings. The number of hydrogen-bond acceptors (Lipinski definition) is 7. The van der Waals surface area contributed by atoms with Crippen LogP contribution in [0.5, 0.6) is 0 Å². The lowest BCUT2D eigenvalue weighted by Gasteiger charge is -2.04. The predicted molar refractivity (Wildman–Crippen MR) is 84.7 cm³/mol. The largest absolute Gasteiger partial charge is 0.393 e. The van der Waals surface area contributed by atoms with Crippen molar-refractivity contribution in [2.75, 3.05) is 0 Å². The highest BCUT2D eigenvalue weighted by molar-refractivity contribution is 5.87. The molecule has 9 heteroatoms. The van der Waals surface area contributed by atoms with E-state index >= 15 is 0 Å². The molecule has 128 valence electrons. The second kappa shape index (κ2) is 7.77. The van der Waals surface area contributed by atoms with Gasteiger partial charge in [0.05, 0.1) is 22.7 Å². The molecule has 0 amide bonds. The number of ether oxygens (including phenoxy) is 1. The van der Waals surface area contributed by atoms with Crippen LogP contribution in [0.3, 0.4) is 0 Å². The monoisotopic (exact) mass is 344 g/mol. The average molecular weight is 344 g/mol. The minimum atomic E-state index is -0.791. The van der Waals surface area contributed by atoms with Gasteiger partial charge < -0.3 is 4.74 Å². The first kappa shape index (κ1) is 17.7. The molecule has 0 saturated carbocycles. The summed E-state index contributed by atoms with van der Waals surface area (Å²) in [5, 5.41) is 21.1. The molecule has 25 heavy (non-hydrogen) atoms. The Kier molecular flexibility index (Phi) is 5.51. The number of non-ortho nitro benzene ring substituents is 2. The second-order valence-electron chi connectivity index (χ2n) is 5.05. The van der Waals surface area contributed by atoms with Gasteiger partial charge in [0.25, 0.3) is 11.4 Å². The third kappa shape index (κ3) is 5.20. The van der Waals surface area contributed by atoms with E-state index in [0.717, 1.165) is 0 Å². The Morgan fingerprint density at radius 2 is 1.04 bits per heavy atom. The maximum atomic E-state index is 11.7. The number of benzene rings is 2. The minimum Gasteiger partial charge on any atom is -0.393 e. The Hall–Kier alpha value is -3.62. The van der Waals surface area contributed by atoms with Crippen LogP contribution in [0.15, 0.2) is 48.5 Å². The van der Waals surface area contributed by atoms with E-state index in [-0.39, 0.29) is 24.2 Å². The predicted octanol–water partition coefficient (Wildman–Crippen LogP) is 2.36. The zero-order valence-corrected chi connectivity index (χ0v) is 12.8. The molecule has 9 nitrogen and oxygen atoms in total. The Labute approximate surface area is 141 Å². The molecule has 2 aromatic carbocycles. The fourth-order valence-corrected chi connectivity index (χ4v) is 2.00. The maximum absolute atomic E-state index is 11.7. The molecule has 0 bridgehead atoms. The number of nitro groups is 2. The van der Waals surface area contributed by atoms with Gasteiger partial charge in [-0.3, -0.25) is 29.8 Å². The van der Waals surface area contributed by atoms with Gasteiger partial charge in [-0.05, 0) is 11.1 Å². The van der Waals surface area contributed by atoms with Crippen LogP contribution in [0.1, 0.15) is 11.1 Å². The summed E-state index contributed by atoms with van der Waals surface area (Å²) in [6.07, 6.45) is -0.409. The lowest BCUT2D eigenvalue weighted by molar-refractivity contribution is -0.385. The van der Waals surface area contributed by atoms with E-state index in [2.05, 4.69) is 4.74 Å². The summed E-state index contributed by atoms with van der Waals surface area (Å²) in [6, 6.07) is 10.6. The zero-order chi connectivity index (χ0) is 18.4. The van der Waals surface area contributed by atoms with Crippen molar-refractivity contribution in [3.05, 3.63) is 79.9 Å². The Bertz CT molecular complexity index is 744. The van der Waals surface area contributed by atoms with E-state index in [0.29, 0.717) is 11.1 Å². The highest BCUT2D eigenvalue weighted by Crippen LogP contribution is 2.14. The third-order valence-corrected chi connectivity index (χ3v) is 3.22. The van der Waals surface area contributed by atoms with Crippen LogP contribution < -0.4 is 0 Å². The van der Waals surface area contributed by atoms with Crippen LogP contribution in [0.4, 0.5) is 11.4 Å². The standard InChI is InChI=1S/C16H12N2O7/c19-15(9-11-1-5-13(6-2-11)17(21)22)25-16(20)10-12-3-7-14(8-4-12)18(23)24/h1-8H,9-10H2. The van der Waals surface area contributed by atoms with Crippen molar-refractivity contribution in [3.8, 4) is 0 Å². The zero-order valence-electron chi connectivity index (χ0n) is 12.8. The molecule has 0 atom stereocenters. The number of nitro benzene ring substituents is 2. The SMILES string of the molecule is O=C(Cc1ccc([N+](=O)[O-])cc1)OC(=O)Cc1ccc([N+](=O)[O-])cc1. The molecule has 0 radical (unpaired) electrons.